The minimum atomic E-state index is -0.204. The summed E-state index contributed by atoms with van der Waals surface area (Å²) < 4.78 is 10.9. The Balaban J connectivity index is 1.50. The van der Waals surface area contributed by atoms with Crippen molar-refractivity contribution in [1.29, 1.82) is 0 Å². The van der Waals surface area contributed by atoms with Gasteiger partial charge in [0.15, 0.2) is 5.82 Å². The standard InChI is InChI=1S/C17H23N5O3/c1-2-9-25-16-15(18-6-7-19-16)22-8-5-13(12-22)21-17(23)20-11-14-4-3-10-24-14/h3-4,6-7,10,13H,2,5,8-9,11-12H2,1H3,(H2,20,21,23)/t13-/m0/s1. The Hall–Kier alpha value is -2.77. The van der Waals surface area contributed by atoms with Crippen LogP contribution < -0.4 is 20.3 Å². The van der Waals surface area contributed by atoms with Crippen LogP contribution in [-0.2, 0) is 6.54 Å². The number of hydrogen-bond acceptors (Lipinski definition) is 6. The van der Waals surface area contributed by atoms with Crippen LogP contribution in [0, 0.1) is 0 Å². The van der Waals surface area contributed by atoms with Gasteiger partial charge < -0.3 is 24.7 Å². The molecular formula is C17H23N5O3. The molecule has 0 unspecified atom stereocenters. The van der Waals surface area contributed by atoms with Gasteiger partial charge in [0.1, 0.15) is 5.76 Å². The minimum absolute atomic E-state index is 0.0534. The molecule has 1 fully saturated rings. The molecule has 0 aromatic carbocycles. The van der Waals surface area contributed by atoms with E-state index in [0.29, 0.717) is 25.6 Å². The number of hydrogen-bond donors (Lipinski definition) is 2. The molecule has 0 radical (unpaired) electrons. The number of nitrogens with zero attached hydrogens (tertiary/aromatic N) is 3. The molecule has 2 aromatic heterocycles. The third-order valence-electron chi connectivity index (χ3n) is 3.92. The molecule has 1 aliphatic rings. The number of furan rings is 1. The molecule has 1 aliphatic heterocycles. The highest BCUT2D eigenvalue weighted by molar-refractivity contribution is 5.74. The van der Waals surface area contributed by atoms with Gasteiger partial charge in [0.25, 0.3) is 5.88 Å². The Morgan fingerprint density at radius 3 is 3.12 bits per heavy atom. The Morgan fingerprint density at radius 1 is 1.44 bits per heavy atom. The molecule has 3 rings (SSSR count). The first-order valence-corrected chi connectivity index (χ1v) is 8.51. The predicted octanol–water partition coefficient (Wildman–Crippen LogP) is 1.94. The van der Waals surface area contributed by atoms with Crippen molar-refractivity contribution in [3.05, 3.63) is 36.5 Å². The van der Waals surface area contributed by atoms with E-state index in [1.807, 2.05) is 13.0 Å². The number of urea groups is 1. The number of rotatable bonds is 7. The van der Waals surface area contributed by atoms with Gasteiger partial charge in [-0.1, -0.05) is 6.92 Å². The van der Waals surface area contributed by atoms with Crippen LogP contribution >= 0.6 is 0 Å². The normalized spacial score (nSPS) is 16.7. The Kier molecular flexibility index (Phi) is 5.71. The van der Waals surface area contributed by atoms with Crippen LogP contribution in [0.5, 0.6) is 5.88 Å². The summed E-state index contributed by atoms with van der Waals surface area (Å²) in [6.45, 7) is 4.50. The zero-order valence-electron chi connectivity index (χ0n) is 14.3. The predicted molar refractivity (Wildman–Crippen MR) is 92.5 cm³/mol. The fraction of sp³-hybridized carbons (Fsp3) is 0.471. The van der Waals surface area contributed by atoms with Crippen LogP contribution in [0.25, 0.3) is 0 Å². The summed E-state index contributed by atoms with van der Waals surface area (Å²) in [5, 5.41) is 5.77. The van der Waals surface area contributed by atoms with Crippen molar-refractivity contribution in [2.45, 2.75) is 32.4 Å². The van der Waals surface area contributed by atoms with E-state index in [9.17, 15) is 4.79 Å². The fourth-order valence-corrected chi connectivity index (χ4v) is 2.72. The van der Waals surface area contributed by atoms with E-state index < -0.39 is 0 Å². The largest absolute Gasteiger partial charge is 0.475 e. The molecule has 25 heavy (non-hydrogen) atoms. The number of anilines is 1. The zero-order chi connectivity index (χ0) is 17.5. The van der Waals surface area contributed by atoms with Crippen LogP contribution in [0.15, 0.2) is 35.2 Å². The molecule has 1 saturated heterocycles. The molecule has 0 aliphatic carbocycles. The lowest BCUT2D eigenvalue weighted by atomic mass is 10.3. The van der Waals surface area contributed by atoms with Gasteiger partial charge >= 0.3 is 6.03 Å². The van der Waals surface area contributed by atoms with Crippen molar-refractivity contribution in [2.75, 3.05) is 24.6 Å². The van der Waals surface area contributed by atoms with Crippen molar-refractivity contribution in [3.63, 3.8) is 0 Å². The van der Waals surface area contributed by atoms with Crippen LogP contribution in [0.2, 0.25) is 0 Å². The first-order valence-electron chi connectivity index (χ1n) is 8.51. The summed E-state index contributed by atoms with van der Waals surface area (Å²) in [6.07, 6.45) is 6.63. The molecule has 0 saturated carbocycles. The summed E-state index contributed by atoms with van der Waals surface area (Å²) in [5.74, 6) is 2.00. The highest BCUT2D eigenvalue weighted by atomic mass is 16.5. The molecule has 134 valence electrons. The van der Waals surface area contributed by atoms with Gasteiger partial charge in [-0.05, 0) is 25.0 Å². The second-order valence-corrected chi connectivity index (χ2v) is 5.87. The monoisotopic (exact) mass is 345 g/mol. The topological polar surface area (TPSA) is 92.5 Å². The quantitative estimate of drug-likeness (QED) is 0.797. The van der Waals surface area contributed by atoms with Gasteiger partial charge in [-0.15, -0.1) is 0 Å². The van der Waals surface area contributed by atoms with Crippen molar-refractivity contribution >= 4 is 11.8 Å². The van der Waals surface area contributed by atoms with E-state index in [-0.39, 0.29) is 12.1 Å². The average Bonchev–Trinajstić information content (AvgIpc) is 3.30. The van der Waals surface area contributed by atoms with Gasteiger partial charge in [0.2, 0.25) is 0 Å². The van der Waals surface area contributed by atoms with E-state index in [4.69, 9.17) is 9.15 Å². The molecule has 1 atom stereocenters. The molecule has 0 bridgehead atoms. The number of amides is 2. The third-order valence-corrected chi connectivity index (χ3v) is 3.92. The second-order valence-electron chi connectivity index (χ2n) is 5.87. The zero-order valence-corrected chi connectivity index (χ0v) is 14.3. The molecule has 8 nitrogen and oxygen atoms in total. The maximum Gasteiger partial charge on any atom is 0.315 e. The van der Waals surface area contributed by atoms with Crippen molar-refractivity contribution in [3.8, 4) is 5.88 Å². The number of carbonyl (C=O) groups excluding carboxylic acids is 1. The Bertz CT molecular complexity index is 677. The highest BCUT2D eigenvalue weighted by Crippen LogP contribution is 2.26. The third kappa shape index (κ3) is 4.62. The summed E-state index contributed by atoms with van der Waals surface area (Å²) in [4.78, 5) is 22.8. The van der Waals surface area contributed by atoms with E-state index in [1.165, 1.54) is 0 Å². The smallest absolute Gasteiger partial charge is 0.315 e. The van der Waals surface area contributed by atoms with Crippen LogP contribution in [0.3, 0.4) is 0 Å². The van der Waals surface area contributed by atoms with E-state index in [0.717, 1.165) is 31.0 Å². The first kappa shape index (κ1) is 17.1. The summed E-state index contributed by atoms with van der Waals surface area (Å²) in [7, 11) is 0. The van der Waals surface area contributed by atoms with E-state index in [1.54, 1.807) is 24.7 Å². The van der Waals surface area contributed by atoms with Gasteiger partial charge in [0, 0.05) is 31.5 Å². The Labute approximate surface area is 146 Å². The maximum absolute atomic E-state index is 12.0. The SMILES string of the molecule is CCCOc1nccnc1N1CC[C@H](NC(=O)NCc2ccco2)C1. The minimum Gasteiger partial charge on any atom is -0.475 e. The molecule has 2 amide bonds. The average molecular weight is 345 g/mol. The molecule has 0 spiro atoms. The second kappa shape index (κ2) is 8.36. The van der Waals surface area contributed by atoms with Crippen molar-refractivity contribution in [1.82, 2.24) is 20.6 Å². The number of ether oxygens (including phenoxy) is 1. The van der Waals surface area contributed by atoms with Gasteiger partial charge in [0.05, 0.1) is 19.4 Å². The lowest BCUT2D eigenvalue weighted by Gasteiger charge is -2.20. The van der Waals surface area contributed by atoms with E-state index >= 15 is 0 Å². The summed E-state index contributed by atoms with van der Waals surface area (Å²) in [6, 6.07) is 3.47. The fourth-order valence-electron chi connectivity index (χ4n) is 2.72. The van der Waals surface area contributed by atoms with Crippen LogP contribution in [0.1, 0.15) is 25.5 Å². The van der Waals surface area contributed by atoms with Gasteiger partial charge in [-0.3, -0.25) is 0 Å². The first-order chi connectivity index (χ1) is 12.3. The highest BCUT2D eigenvalue weighted by Gasteiger charge is 2.27. The summed E-state index contributed by atoms with van der Waals surface area (Å²) >= 11 is 0. The molecular weight excluding hydrogens is 322 g/mol. The molecule has 2 aromatic rings. The van der Waals surface area contributed by atoms with Gasteiger partial charge in [-0.2, -0.15) is 0 Å². The van der Waals surface area contributed by atoms with Crippen LogP contribution in [0.4, 0.5) is 10.6 Å². The lowest BCUT2D eigenvalue weighted by Crippen LogP contribution is -2.43. The number of aromatic nitrogens is 2. The Morgan fingerprint density at radius 2 is 2.32 bits per heavy atom. The molecule has 8 heteroatoms. The van der Waals surface area contributed by atoms with E-state index in [2.05, 4.69) is 25.5 Å². The van der Waals surface area contributed by atoms with Crippen LogP contribution in [-0.4, -0.2) is 41.7 Å². The molecule has 3 heterocycles. The maximum atomic E-state index is 12.0. The number of carbonyl (C=O) groups is 1. The van der Waals surface area contributed by atoms with Gasteiger partial charge in [-0.25, -0.2) is 14.8 Å². The molecule has 2 N–H and O–H groups in total. The van der Waals surface area contributed by atoms with Crippen molar-refractivity contribution < 1.29 is 13.9 Å². The number of nitrogens with one attached hydrogen (secondary N) is 2. The lowest BCUT2D eigenvalue weighted by molar-refractivity contribution is 0.236. The summed E-state index contributed by atoms with van der Waals surface area (Å²) in [5.41, 5.74) is 0. The van der Waals surface area contributed by atoms with Crippen molar-refractivity contribution in [2.24, 2.45) is 0 Å².